The van der Waals surface area contributed by atoms with Crippen molar-refractivity contribution in [3.05, 3.63) is 75.7 Å². The molecule has 0 saturated carbocycles. The van der Waals surface area contributed by atoms with Gasteiger partial charge in [-0.25, -0.2) is 4.98 Å². The van der Waals surface area contributed by atoms with Crippen LogP contribution in [0, 0.1) is 0 Å². The van der Waals surface area contributed by atoms with Crippen molar-refractivity contribution in [1.82, 2.24) is 9.55 Å². The van der Waals surface area contributed by atoms with E-state index in [0.717, 1.165) is 11.1 Å². The van der Waals surface area contributed by atoms with Gasteiger partial charge in [0, 0.05) is 24.5 Å². The lowest BCUT2D eigenvalue weighted by Gasteiger charge is -2.14. The van der Waals surface area contributed by atoms with Gasteiger partial charge in [0.1, 0.15) is 23.4 Å². The van der Waals surface area contributed by atoms with Crippen molar-refractivity contribution in [2.24, 2.45) is 0 Å². The molecule has 0 spiro atoms. The van der Waals surface area contributed by atoms with E-state index < -0.39 is 18.7 Å². The number of aliphatic hydroxyl groups is 1. The zero-order valence-electron chi connectivity index (χ0n) is 18.3. The monoisotopic (exact) mass is 448 g/mol. The van der Waals surface area contributed by atoms with Crippen molar-refractivity contribution in [2.75, 3.05) is 0 Å². The molecule has 3 aromatic rings. The van der Waals surface area contributed by atoms with Gasteiger partial charge in [-0.05, 0) is 37.0 Å². The van der Waals surface area contributed by atoms with Gasteiger partial charge in [0.25, 0.3) is 5.56 Å². The fraction of sp³-hybridized carbons (Fsp3) is 0.417. The normalized spacial score (nSPS) is 13.0. The van der Waals surface area contributed by atoms with E-state index >= 15 is 0 Å². The summed E-state index contributed by atoms with van der Waals surface area (Å²) in [5.74, 6) is 1.37. The Balaban J connectivity index is 1.95. The van der Waals surface area contributed by atoms with Crippen molar-refractivity contribution in [1.29, 1.82) is 0 Å². The number of hydrogen-bond acceptors (Lipinski definition) is 4. The third kappa shape index (κ3) is 6.09. The topological polar surface area (TPSA) is 68.3 Å². The minimum Gasteiger partial charge on any atom is -0.461 e. The average molecular weight is 448 g/mol. The Labute approximate surface area is 184 Å². The van der Waals surface area contributed by atoms with Crippen molar-refractivity contribution in [3.8, 4) is 11.3 Å². The Morgan fingerprint density at radius 2 is 1.78 bits per heavy atom. The zero-order valence-corrected chi connectivity index (χ0v) is 18.3. The molecule has 0 amide bonds. The molecule has 8 heteroatoms. The first-order chi connectivity index (χ1) is 15.0. The molecule has 0 aliphatic carbocycles. The summed E-state index contributed by atoms with van der Waals surface area (Å²) in [4.78, 5) is 17.5. The van der Waals surface area contributed by atoms with E-state index in [-0.39, 0.29) is 30.8 Å². The van der Waals surface area contributed by atoms with Gasteiger partial charge in [-0.15, -0.1) is 0 Å². The number of aromatic nitrogens is 2. The Bertz CT molecular complexity index is 1100. The molecule has 0 bridgehead atoms. The number of halogens is 3. The van der Waals surface area contributed by atoms with Crippen LogP contribution >= 0.6 is 0 Å². The summed E-state index contributed by atoms with van der Waals surface area (Å²) in [5.41, 5.74) is 1.91. The molecular formula is C24H27F3N2O3. The molecule has 3 rings (SSSR count). The van der Waals surface area contributed by atoms with Gasteiger partial charge in [-0.2, -0.15) is 13.2 Å². The van der Waals surface area contributed by atoms with Crippen molar-refractivity contribution in [2.45, 2.75) is 64.8 Å². The second kappa shape index (κ2) is 9.73. The highest BCUT2D eigenvalue weighted by molar-refractivity contribution is 5.59. The second-order valence-corrected chi connectivity index (χ2v) is 8.21. The molecule has 0 aliphatic heterocycles. The van der Waals surface area contributed by atoms with Gasteiger partial charge >= 0.3 is 6.18 Å². The first-order valence-corrected chi connectivity index (χ1v) is 10.6. The van der Waals surface area contributed by atoms with Crippen LogP contribution in [-0.4, -0.2) is 20.8 Å². The standard InChI is InChI=1S/C24H27F3N2O3/c1-15(2)17-6-8-18(9-7-17)20-13-23(31)29(14-19-10-11-21(32-19)16(3)30)22(28-20)5-4-12-24(25,26)27/h6-11,13,15-16,30H,4-5,12,14H2,1-3H3. The maximum Gasteiger partial charge on any atom is 0.389 e. The summed E-state index contributed by atoms with van der Waals surface area (Å²) < 4.78 is 44.9. The van der Waals surface area contributed by atoms with E-state index in [2.05, 4.69) is 18.8 Å². The third-order valence-electron chi connectivity index (χ3n) is 5.23. The van der Waals surface area contributed by atoms with Gasteiger partial charge in [-0.3, -0.25) is 9.36 Å². The van der Waals surface area contributed by atoms with E-state index in [1.807, 2.05) is 24.3 Å². The molecule has 0 radical (unpaired) electrons. The molecule has 0 fully saturated rings. The van der Waals surface area contributed by atoms with Crippen LogP contribution in [0.25, 0.3) is 11.3 Å². The number of furan rings is 1. The summed E-state index contributed by atoms with van der Waals surface area (Å²) in [6.45, 7) is 5.72. The zero-order chi connectivity index (χ0) is 23.5. The number of alkyl halides is 3. The van der Waals surface area contributed by atoms with E-state index in [4.69, 9.17) is 4.42 Å². The molecular weight excluding hydrogens is 421 g/mol. The average Bonchev–Trinajstić information content (AvgIpc) is 3.18. The van der Waals surface area contributed by atoms with Crippen molar-refractivity contribution < 1.29 is 22.7 Å². The number of rotatable bonds is 8. The van der Waals surface area contributed by atoms with Crippen LogP contribution in [0.2, 0.25) is 0 Å². The van der Waals surface area contributed by atoms with Crippen LogP contribution in [0.4, 0.5) is 13.2 Å². The second-order valence-electron chi connectivity index (χ2n) is 8.21. The highest BCUT2D eigenvalue weighted by atomic mass is 19.4. The minimum atomic E-state index is -4.28. The lowest BCUT2D eigenvalue weighted by molar-refractivity contribution is -0.135. The first-order valence-electron chi connectivity index (χ1n) is 10.6. The van der Waals surface area contributed by atoms with Crippen LogP contribution in [0.5, 0.6) is 0 Å². The molecule has 32 heavy (non-hydrogen) atoms. The van der Waals surface area contributed by atoms with Gasteiger partial charge in [0.2, 0.25) is 0 Å². The molecule has 0 saturated heterocycles. The first kappa shape index (κ1) is 23.8. The molecule has 172 valence electrons. The number of nitrogens with zero attached hydrogens (tertiary/aromatic N) is 2. The molecule has 2 heterocycles. The quantitative estimate of drug-likeness (QED) is 0.486. The summed E-state index contributed by atoms with van der Waals surface area (Å²) in [7, 11) is 0. The number of aliphatic hydroxyl groups excluding tert-OH is 1. The van der Waals surface area contributed by atoms with E-state index in [1.165, 1.54) is 10.6 Å². The van der Waals surface area contributed by atoms with E-state index in [1.54, 1.807) is 19.1 Å². The molecule has 1 unspecified atom stereocenters. The van der Waals surface area contributed by atoms with Crippen molar-refractivity contribution in [3.63, 3.8) is 0 Å². The minimum absolute atomic E-state index is 0.00334. The van der Waals surface area contributed by atoms with Crippen LogP contribution in [0.1, 0.15) is 68.5 Å². The smallest absolute Gasteiger partial charge is 0.389 e. The maximum absolute atomic E-state index is 12.9. The molecule has 1 atom stereocenters. The van der Waals surface area contributed by atoms with Crippen LogP contribution in [0.3, 0.4) is 0 Å². The number of aryl methyl sites for hydroxylation is 1. The molecule has 0 aliphatic rings. The fourth-order valence-corrected chi connectivity index (χ4v) is 3.41. The predicted octanol–water partition coefficient (Wildman–Crippen LogP) is 5.61. The SMILES string of the molecule is CC(C)c1ccc(-c2cc(=O)n(Cc3ccc(C(C)O)o3)c(CCCC(F)(F)F)n2)cc1. The van der Waals surface area contributed by atoms with Gasteiger partial charge in [-0.1, -0.05) is 38.1 Å². The molecule has 1 N–H and O–H groups in total. The molecule has 1 aromatic carbocycles. The Morgan fingerprint density at radius 1 is 1.09 bits per heavy atom. The summed E-state index contributed by atoms with van der Waals surface area (Å²) >= 11 is 0. The fourth-order valence-electron chi connectivity index (χ4n) is 3.41. The maximum atomic E-state index is 12.9. The van der Waals surface area contributed by atoms with Crippen molar-refractivity contribution >= 4 is 0 Å². The summed E-state index contributed by atoms with van der Waals surface area (Å²) in [5, 5.41) is 9.64. The van der Waals surface area contributed by atoms with Gasteiger partial charge < -0.3 is 9.52 Å². The van der Waals surface area contributed by atoms with E-state index in [0.29, 0.717) is 23.1 Å². The Morgan fingerprint density at radius 3 is 2.34 bits per heavy atom. The number of benzene rings is 1. The van der Waals surface area contributed by atoms with E-state index in [9.17, 15) is 23.1 Å². The van der Waals surface area contributed by atoms with Gasteiger partial charge in [0.05, 0.1) is 12.2 Å². The molecule has 5 nitrogen and oxygen atoms in total. The van der Waals surface area contributed by atoms with Crippen LogP contribution in [0.15, 0.2) is 51.7 Å². The van der Waals surface area contributed by atoms with Crippen LogP contribution in [-0.2, 0) is 13.0 Å². The largest absolute Gasteiger partial charge is 0.461 e. The molecule has 2 aromatic heterocycles. The highest BCUT2D eigenvalue weighted by Crippen LogP contribution is 2.24. The Kier molecular flexibility index (Phi) is 7.23. The summed E-state index contributed by atoms with van der Waals surface area (Å²) in [6.07, 6.45) is -6.22. The highest BCUT2D eigenvalue weighted by Gasteiger charge is 2.26. The summed E-state index contributed by atoms with van der Waals surface area (Å²) in [6, 6.07) is 12.3. The predicted molar refractivity (Wildman–Crippen MR) is 115 cm³/mol. The van der Waals surface area contributed by atoms with Crippen LogP contribution < -0.4 is 5.56 Å². The Hall–Kier alpha value is -2.87. The third-order valence-corrected chi connectivity index (χ3v) is 5.23. The lowest BCUT2D eigenvalue weighted by Crippen LogP contribution is -2.25. The van der Waals surface area contributed by atoms with Gasteiger partial charge in [0.15, 0.2) is 0 Å². The lowest BCUT2D eigenvalue weighted by atomic mass is 10.0. The number of hydrogen-bond donors (Lipinski definition) is 1.